The monoisotopic (exact) mass is 449 g/mol. The molecule has 1 amide bonds. The van der Waals surface area contributed by atoms with Crippen LogP contribution in [0.25, 0.3) is 11.5 Å². The van der Waals surface area contributed by atoms with Crippen LogP contribution in [0.3, 0.4) is 0 Å². The highest BCUT2D eigenvalue weighted by molar-refractivity contribution is 5.76. The molecule has 2 aromatic carbocycles. The number of aromatic nitrogens is 2. The van der Waals surface area contributed by atoms with Crippen LogP contribution < -0.4 is 9.47 Å². The zero-order valence-electron chi connectivity index (χ0n) is 19.3. The number of hydrogen-bond acceptors (Lipinski definition) is 6. The van der Waals surface area contributed by atoms with E-state index in [2.05, 4.69) is 22.3 Å². The molecule has 0 saturated carbocycles. The molecule has 1 aliphatic heterocycles. The molecule has 33 heavy (non-hydrogen) atoms. The van der Waals surface area contributed by atoms with Crippen molar-refractivity contribution in [3.63, 3.8) is 0 Å². The highest BCUT2D eigenvalue weighted by Gasteiger charge is 2.23. The lowest BCUT2D eigenvalue weighted by Crippen LogP contribution is -2.38. The molecule has 1 fully saturated rings. The van der Waals surface area contributed by atoms with E-state index in [-0.39, 0.29) is 5.91 Å². The summed E-state index contributed by atoms with van der Waals surface area (Å²) in [7, 11) is 3.35. The Labute approximate surface area is 194 Å². The van der Waals surface area contributed by atoms with Gasteiger partial charge in [0.15, 0.2) is 0 Å². The Morgan fingerprint density at radius 1 is 1.00 bits per heavy atom. The Hall–Kier alpha value is -3.35. The first-order valence-electron chi connectivity index (χ1n) is 11.5. The zero-order valence-corrected chi connectivity index (χ0v) is 19.3. The fraction of sp³-hybridized carbons (Fsp3) is 0.423. The van der Waals surface area contributed by atoms with E-state index in [9.17, 15) is 4.79 Å². The van der Waals surface area contributed by atoms with Crippen LogP contribution >= 0.6 is 0 Å². The molecule has 7 heteroatoms. The van der Waals surface area contributed by atoms with E-state index in [4.69, 9.17) is 13.9 Å². The van der Waals surface area contributed by atoms with Gasteiger partial charge in [0, 0.05) is 37.6 Å². The lowest BCUT2D eigenvalue weighted by atomic mass is 9.90. The summed E-state index contributed by atoms with van der Waals surface area (Å²) in [5, 5.41) is 8.19. The predicted octanol–water partition coefficient (Wildman–Crippen LogP) is 4.56. The van der Waals surface area contributed by atoms with Gasteiger partial charge in [0.05, 0.1) is 14.2 Å². The summed E-state index contributed by atoms with van der Waals surface area (Å²) in [6.45, 7) is 1.62. The minimum Gasteiger partial charge on any atom is -0.497 e. The van der Waals surface area contributed by atoms with Crippen LogP contribution in [-0.2, 0) is 17.6 Å². The number of carbonyl (C=O) groups excluding carboxylic acids is 1. The topological polar surface area (TPSA) is 77.7 Å². The van der Waals surface area contributed by atoms with Crippen LogP contribution in [0.15, 0.2) is 52.9 Å². The van der Waals surface area contributed by atoms with Crippen molar-refractivity contribution in [2.24, 2.45) is 5.92 Å². The average Bonchev–Trinajstić information content (AvgIpc) is 3.36. The van der Waals surface area contributed by atoms with Crippen LogP contribution in [0, 0.1) is 5.92 Å². The van der Waals surface area contributed by atoms with E-state index in [0.29, 0.717) is 30.5 Å². The molecule has 0 spiro atoms. The smallest absolute Gasteiger partial charge is 0.247 e. The van der Waals surface area contributed by atoms with Gasteiger partial charge in [-0.3, -0.25) is 4.79 Å². The second kappa shape index (κ2) is 11.0. The molecule has 0 bridgehead atoms. The number of piperidine rings is 1. The van der Waals surface area contributed by atoms with Crippen molar-refractivity contribution in [2.75, 3.05) is 27.3 Å². The summed E-state index contributed by atoms with van der Waals surface area (Å²) in [6.07, 6.45) is 5.01. The molecule has 4 rings (SSSR count). The number of ether oxygens (including phenoxy) is 2. The van der Waals surface area contributed by atoms with Crippen LogP contribution in [0.5, 0.6) is 11.5 Å². The standard InChI is InChI=1S/C26H31N3O4/c1-31-22-16-20(17-23(18-22)32-2)9-8-19-12-14-29(15-13-19)25(30)11-10-24-27-28-26(33-24)21-6-4-3-5-7-21/h3-7,16-19H,8-15H2,1-2H3. The summed E-state index contributed by atoms with van der Waals surface area (Å²) in [5.41, 5.74) is 2.11. The van der Waals surface area contributed by atoms with E-state index in [1.54, 1.807) is 14.2 Å². The van der Waals surface area contributed by atoms with Gasteiger partial charge in [0.1, 0.15) is 11.5 Å². The van der Waals surface area contributed by atoms with Crippen molar-refractivity contribution < 1.29 is 18.7 Å². The lowest BCUT2D eigenvalue weighted by Gasteiger charge is -2.32. The normalized spacial score (nSPS) is 14.3. The molecular formula is C26H31N3O4. The molecule has 0 unspecified atom stereocenters. The molecule has 0 N–H and O–H groups in total. The Morgan fingerprint density at radius 3 is 2.36 bits per heavy atom. The summed E-state index contributed by atoms with van der Waals surface area (Å²) in [4.78, 5) is 14.7. The number of amides is 1. The summed E-state index contributed by atoms with van der Waals surface area (Å²) in [5.74, 6) is 3.42. The number of rotatable bonds is 9. The maximum atomic E-state index is 12.7. The third-order valence-electron chi connectivity index (χ3n) is 6.26. The molecule has 7 nitrogen and oxygen atoms in total. The van der Waals surface area contributed by atoms with E-state index in [0.717, 1.165) is 55.8 Å². The summed E-state index contributed by atoms with van der Waals surface area (Å²) < 4.78 is 16.5. The molecule has 2 heterocycles. The van der Waals surface area contributed by atoms with Crippen LogP contribution in [0.2, 0.25) is 0 Å². The Morgan fingerprint density at radius 2 is 1.70 bits per heavy atom. The first kappa shape index (κ1) is 22.8. The zero-order chi connectivity index (χ0) is 23.0. The minimum atomic E-state index is 0.158. The van der Waals surface area contributed by atoms with Crippen molar-refractivity contribution in [3.05, 3.63) is 60.0 Å². The minimum absolute atomic E-state index is 0.158. The largest absolute Gasteiger partial charge is 0.497 e. The molecule has 1 aromatic heterocycles. The van der Waals surface area contributed by atoms with E-state index in [1.807, 2.05) is 41.3 Å². The molecule has 174 valence electrons. The number of carbonyl (C=O) groups is 1. The highest BCUT2D eigenvalue weighted by Crippen LogP contribution is 2.27. The molecule has 1 aliphatic rings. The van der Waals surface area contributed by atoms with E-state index < -0.39 is 0 Å². The third kappa shape index (κ3) is 6.12. The fourth-order valence-corrected chi connectivity index (χ4v) is 4.28. The Kier molecular flexibility index (Phi) is 7.60. The van der Waals surface area contributed by atoms with Crippen molar-refractivity contribution in [2.45, 2.75) is 38.5 Å². The number of hydrogen-bond donors (Lipinski definition) is 0. The van der Waals surface area contributed by atoms with Gasteiger partial charge in [-0.25, -0.2) is 0 Å². The number of aryl methyl sites for hydroxylation is 2. The van der Waals surface area contributed by atoms with Crippen molar-refractivity contribution in [1.29, 1.82) is 0 Å². The molecule has 0 aliphatic carbocycles. The van der Waals surface area contributed by atoms with Crippen LogP contribution in [0.4, 0.5) is 0 Å². The van der Waals surface area contributed by atoms with Crippen molar-refractivity contribution in [3.8, 4) is 23.0 Å². The van der Waals surface area contributed by atoms with Crippen LogP contribution in [-0.4, -0.2) is 48.3 Å². The Balaban J connectivity index is 1.21. The number of nitrogens with zero attached hydrogens (tertiary/aromatic N) is 3. The maximum Gasteiger partial charge on any atom is 0.247 e. The first-order chi connectivity index (χ1) is 16.1. The van der Waals surface area contributed by atoms with Gasteiger partial charge in [0.2, 0.25) is 17.7 Å². The van der Waals surface area contributed by atoms with Gasteiger partial charge in [-0.05, 0) is 61.4 Å². The second-order valence-corrected chi connectivity index (χ2v) is 8.45. The summed E-state index contributed by atoms with van der Waals surface area (Å²) in [6, 6.07) is 15.7. The molecular weight excluding hydrogens is 418 g/mol. The summed E-state index contributed by atoms with van der Waals surface area (Å²) >= 11 is 0. The van der Waals surface area contributed by atoms with Crippen molar-refractivity contribution in [1.82, 2.24) is 15.1 Å². The van der Waals surface area contributed by atoms with Gasteiger partial charge in [-0.1, -0.05) is 18.2 Å². The second-order valence-electron chi connectivity index (χ2n) is 8.45. The quantitative estimate of drug-likeness (QED) is 0.477. The SMILES string of the molecule is COc1cc(CCC2CCN(C(=O)CCc3nnc(-c4ccccc4)o3)CC2)cc(OC)c1. The van der Waals surface area contributed by atoms with E-state index >= 15 is 0 Å². The van der Waals surface area contributed by atoms with Gasteiger partial charge in [0.25, 0.3) is 0 Å². The van der Waals surface area contributed by atoms with Gasteiger partial charge in [-0.2, -0.15) is 0 Å². The molecule has 0 radical (unpaired) electrons. The predicted molar refractivity (Wildman–Crippen MR) is 125 cm³/mol. The van der Waals surface area contributed by atoms with E-state index in [1.165, 1.54) is 5.56 Å². The Bertz CT molecular complexity index is 1020. The lowest BCUT2D eigenvalue weighted by molar-refractivity contribution is -0.132. The first-order valence-corrected chi connectivity index (χ1v) is 11.5. The molecule has 1 saturated heterocycles. The van der Waals surface area contributed by atoms with Gasteiger partial charge >= 0.3 is 0 Å². The number of likely N-dealkylation sites (tertiary alicyclic amines) is 1. The average molecular weight is 450 g/mol. The molecule has 0 atom stereocenters. The third-order valence-corrected chi connectivity index (χ3v) is 6.26. The fourth-order valence-electron chi connectivity index (χ4n) is 4.28. The van der Waals surface area contributed by atoms with Crippen LogP contribution in [0.1, 0.15) is 37.1 Å². The van der Waals surface area contributed by atoms with Gasteiger partial charge in [-0.15, -0.1) is 10.2 Å². The highest BCUT2D eigenvalue weighted by atomic mass is 16.5. The number of methoxy groups -OCH3 is 2. The van der Waals surface area contributed by atoms with Crippen molar-refractivity contribution >= 4 is 5.91 Å². The maximum absolute atomic E-state index is 12.7. The molecule has 3 aromatic rings. The van der Waals surface area contributed by atoms with Gasteiger partial charge < -0.3 is 18.8 Å². The number of benzene rings is 2.